The Morgan fingerprint density at radius 3 is 2.47 bits per heavy atom. The lowest BCUT2D eigenvalue weighted by Gasteiger charge is -2.62. The lowest BCUT2D eigenvalue weighted by molar-refractivity contribution is -0.211. The molecule has 0 saturated heterocycles. The van der Waals surface area contributed by atoms with Gasteiger partial charge in [0.25, 0.3) is 0 Å². The van der Waals surface area contributed by atoms with E-state index in [1.54, 1.807) is 7.11 Å². The molecule has 3 rings (SSSR count). The molecule has 3 fully saturated rings. The molecule has 0 aromatic rings. The Kier molecular flexibility index (Phi) is 7.70. The molecule has 4 nitrogen and oxygen atoms in total. The van der Waals surface area contributed by atoms with Gasteiger partial charge in [-0.2, -0.15) is 0 Å². The van der Waals surface area contributed by atoms with Crippen molar-refractivity contribution in [3.63, 3.8) is 0 Å². The maximum Gasteiger partial charge on any atom is 0.152 e. The van der Waals surface area contributed by atoms with Crippen LogP contribution in [0.5, 0.6) is 0 Å². The predicted octanol–water partition coefficient (Wildman–Crippen LogP) is 5.72. The molecular formula is C25H44O4S. The van der Waals surface area contributed by atoms with Gasteiger partial charge in [0.1, 0.15) is 6.79 Å². The summed E-state index contributed by atoms with van der Waals surface area (Å²) >= 11 is 1.87. The van der Waals surface area contributed by atoms with Crippen LogP contribution in [-0.2, 0) is 19.0 Å². The number of thioether (sulfide) groups is 1. The average Bonchev–Trinajstić information content (AvgIpc) is 3.13. The number of Topliss-reactive ketones (excluding diaryl/α,β-unsaturated/α-hetero) is 1. The van der Waals surface area contributed by atoms with Crippen LogP contribution in [-0.4, -0.2) is 49.5 Å². The molecule has 0 aromatic heterocycles. The van der Waals surface area contributed by atoms with E-state index in [0.717, 1.165) is 50.7 Å². The third-order valence-electron chi connectivity index (χ3n) is 9.31. The fourth-order valence-electron chi connectivity index (χ4n) is 7.33. The Bertz CT molecular complexity index is 612. The van der Waals surface area contributed by atoms with Gasteiger partial charge in [0.2, 0.25) is 0 Å². The van der Waals surface area contributed by atoms with Crippen molar-refractivity contribution in [2.24, 2.45) is 28.6 Å². The molecule has 0 spiro atoms. The van der Waals surface area contributed by atoms with Gasteiger partial charge >= 0.3 is 0 Å². The number of unbranched alkanes of at least 4 members (excludes halogenated alkanes) is 1. The SMILES string of the molecule is CCCCS[C@]1(C)C[C@@H](OCOC)[C@@]2(C)C3[C@H](OC)CCC3(CC[C@H]2C)[C@@H](C)C1=O. The van der Waals surface area contributed by atoms with E-state index < -0.39 is 4.75 Å². The van der Waals surface area contributed by atoms with Crippen molar-refractivity contribution >= 4 is 17.5 Å². The molecule has 174 valence electrons. The Balaban J connectivity index is 2.11. The van der Waals surface area contributed by atoms with Crippen molar-refractivity contribution in [1.82, 2.24) is 0 Å². The Hall–Kier alpha value is -0.100. The first kappa shape index (κ1) is 24.5. The minimum Gasteiger partial charge on any atom is -0.381 e. The van der Waals surface area contributed by atoms with E-state index in [1.165, 1.54) is 0 Å². The fraction of sp³-hybridized carbons (Fsp3) is 0.960. The molecule has 3 aliphatic rings. The zero-order valence-electron chi connectivity index (χ0n) is 20.3. The number of rotatable bonds is 8. The van der Waals surface area contributed by atoms with Gasteiger partial charge < -0.3 is 14.2 Å². The van der Waals surface area contributed by atoms with Gasteiger partial charge in [-0.1, -0.05) is 34.1 Å². The van der Waals surface area contributed by atoms with Crippen LogP contribution in [0.25, 0.3) is 0 Å². The molecular weight excluding hydrogens is 396 g/mol. The van der Waals surface area contributed by atoms with Crippen LogP contribution in [0.3, 0.4) is 0 Å². The molecule has 3 aliphatic carbocycles. The Labute approximate surface area is 188 Å². The quantitative estimate of drug-likeness (QED) is 0.356. The molecule has 3 saturated carbocycles. The average molecular weight is 441 g/mol. The summed E-state index contributed by atoms with van der Waals surface area (Å²) in [5.74, 6) is 2.42. The maximum atomic E-state index is 14.1. The van der Waals surface area contributed by atoms with Gasteiger partial charge in [0.15, 0.2) is 5.78 Å². The van der Waals surface area contributed by atoms with Crippen LogP contribution < -0.4 is 0 Å². The van der Waals surface area contributed by atoms with Gasteiger partial charge in [-0.25, -0.2) is 0 Å². The summed E-state index contributed by atoms with van der Waals surface area (Å²) in [4.78, 5) is 14.1. The molecule has 5 heteroatoms. The molecule has 0 aromatic carbocycles. The highest BCUT2D eigenvalue weighted by Crippen LogP contribution is 2.68. The summed E-state index contributed by atoms with van der Waals surface area (Å²) in [6, 6.07) is 0. The molecule has 8 atom stereocenters. The number of hydrogen-bond donors (Lipinski definition) is 0. The van der Waals surface area contributed by atoms with Crippen LogP contribution in [0.2, 0.25) is 0 Å². The molecule has 0 aliphatic heterocycles. The van der Waals surface area contributed by atoms with Gasteiger partial charge in [-0.3, -0.25) is 4.79 Å². The molecule has 30 heavy (non-hydrogen) atoms. The van der Waals surface area contributed by atoms with Crippen molar-refractivity contribution in [3.05, 3.63) is 0 Å². The third-order valence-corrected chi connectivity index (χ3v) is 10.8. The van der Waals surface area contributed by atoms with E-state index in [9.17, 15) is 4.79 Å². The number of carbonyl (C=O) groups is 1. The smallest absolute Gasteiger partial charge is 0.152 e. The second-order valence-electron chi connectivity index (χ2n) is 10.6. The highest BCUT2D eigenvalue weighted by Gasteiger charge is 2.68. The number of methoxy groups -OCH3 is 2. The van der Waals surface area contributed by atoms with E-state index in [-0.39, 0.29) is 35.7 Å². The van der Waals surface area contributed by atoms with Crippen LogP contribution in [0.15, 0.2) is 0 Å². The zero-order valence-corrected chi connectivity index (χ0v) is 21.1. The molecule has 0 N–H and O–H groups in total. The fourth-order valence-corrected chi connectivity index (χ4v) is 8.81. The van der Waals surface area contributed by atoms with Crippen molar-refractivity contribution < 1.29 is 19.0 Å². The summed E-state index contributed by atoms with van der Waals surface area (Å²) in [7, 11) is 3.55. The van der Waals surface area contributed by atoms with Gasteiger partial charge in [-0.05, 0) is 68.5 Å². The summed E-state index contributed by atoms with van der Waals surface area (Å²) in [5, 5.41) is 0. The molecule has 0 radical (unpaired) electrons. The first-order valence-electron chi connectivity index (χ1n) is 12.0. The third kappa shape index (κ3) is 3.80. The second kappa shape index (κ2) is 9.41. The monoisotopic (exact) mass is 440 g/mol. The first-order valence-corrected chi connectivity index (χ1v) is 13.0. The molecule has 0 heterocycles. The molecule has 0 amide bonds. The van der Waals surface area contributed by atoms with Gasteiger partial charge in [0, 0.05) is 25.6 Å². The maximum absolute atomic E-state index is 14.1. The summed E-state index contributed by atoms with van der Waals surface area (Å²) in [5.41, 5.74) is -0.00378. The van der Waals surface area contributed by atoms with E-state index in [1.807, 2.05) is 18.9 Å². The minimum atomic E-state index is -0.408. The van der Waals surface area contributed by atoms with Crippen LogP contribution in [0.1, 0.15) is 79.6 Å². The van der Waals surface area contributed by atoms with Crippen LogP contribution in [0, 0.1) is 28.6 Å². The summed E-state index contributed by atoms with van der Waals surface area (Å²) < 4.78 is 17.5. The van der Waals surface area contributed by atoms with Crippen molar-refractivity contribution in [1.29, 1.82) is 0 Å². The first-order chi connectivity index (χ1) is 14.2. The van der Waals surface area contributed by atoms with E-state index in [0.29, 0.717) is 17.6 Å². The lowest BCUT2D eigenvalue weighted by Crippen LogP contribution is -2.63. The normalized spacial score (nSPS) is 46.4. The topological polar surface area (TPSA) is 44.8 Å². The number of hydrogen-bond acceptors (Lipinski definition) is 5. The van der Waals surface area contributed by atoms with Crippen LogP contribution in [0.4, 0.5) is 0 Å². The summed E-state index contributed by atoms with van der Waals surface area (Å²) in [6.07, 6.45) is 7.71. The molecule has 2 bridgehead atoms. The predicted molar refractivity (Wildman–Crippen MR) is 124 cm³/mol. The zero-order chi connectivity index (χ0) is 22.2. The van der Waals surface area contributed by atoms with Gasteiger partial charge in [0.05, 0.1) is 17.0 Å². The second-order valence-corrected chi connectivity index (χ2v) is 12.2. The van der Waals surface area contributed by atoms with Crippen LogP contribution >= 0.6 is 11.8 Å². The molecule has 2 unspecified atom stereocenters. The standard InChI is InChI=1S/C25H44O4S/c1-8-9-14-30-23(4)15-20(29-16-27-6)24(5)17(2)10-12-25(18(3)22(23)26)13-11-19(28-7)21(24)25/h17-21H,8-16H2,1-7H3/t17-,18+,19-,20-,21?,23-,24+,25?/m1/s1. The van der Waals surface area contributed by atoms with E-state index >= 15 is 0 Å². The lowest BCUT2D eigenvalue weighted by atomic mass is 9.45. The Morgan fingerprint density at radius 2 is 1.83 bits per heavy atom. The Morgan fingerprint density at radius 1 is 1.13 bits per heavy atom. The van der Waals surface area contributed by atoms with E-state index in [4.69, 9.17) is 14.2 Å². The van der Waals surface area contributed by atoms with Gasteiger partial charge in [-0.15, -0.1) is 11.8 Å². The number of ether oxygens (including phenoxy) is 3. The van der Waals surface area contributed by atoms with Crippen molar-refractivity contribution in [3.8, 4) is 0 Å². The highest BCUT2D eigenvalue weighted by molar-refractivity contribution is 8.01. The number of ketones is 1. The summed E-state index contributed by atoms with van der Waals surface area (Å²) in [6.45, 7) is 11.8. The van der Waals surface area contributed by atoms with E-state index in [2.05, 4.69) is 34.6 Å². The van der Waals surface area contributed by atoms with Crippen molar-refractivity contribution in [2.45, 2.75) is 96.5 Å². The minimum absolute atomic E-state index is 0.0107. The largest absolute Gasteiger partial charge is 0.381 e. The highest BCUT2D eigenvalue weighted by atomic mass is 32.2. The number of carbonyl (C=O) groups excluding carboxylic acids is 1. The van der Waals surface area contributed by atoms with Crippen molar-refractivity contribution in [2.75, 3.05) is 26.8 Å².